The van der Waals surface area contributed by atoms with Crippen molar-refractivity contribution < 1.29 is 0 Å². The first-order chi connectivity index (χ1) is 7.48. The van der Waals surface area contributed by atoms with E-state index in [0.29, 0.717) is 0 Å². The molecule has 1 aromatic carbocycles. The van der Waals surface area contributed by atoms with Crippen molar-refractivity contribution in [2.24, 2.45) is 0 Å². The van der Waals surface area contributed by atoms with Gasteiger partial charge in [-0.15, -0.1) is 0 Å². The first-order valence-electron chi connectivity index (χ1n) is 5.28. The molecule has 0 amide bonds. The second-order valence-corrected chi connectivity index (χ2v) is 5.68. The fourth-order valence-electron chi connectivity index (χ4n) is 1.52. The number of hydrogen-bond acceptors (Lipinski definition) is 1. The molecule has 0 atom stereocenters. The molecule has 0 radical (unpaired) electrons. The molecule has 0 bridgehead atoms. The van der Waals surface area contributed by atoms with Crippen molar-refractivity contribution >= 4 is 15.9 Å². The molecule has 0 aliphatic heterocycles. The Bertz CT molecular complexity index is 495. The van der Waals surface area contributed by atoms with Crippen LogP contribution in [-0.4, -0.2) is 9.78 Å². The summed E-state index contributed by atoms with van der Waals surface area (Å²) in [5.41, 5.74) is 2.35. The van der Waals surface area contributed by atoms with Gasteiger partial charge in [-0.1, -0.05) is 34.1 Å². The summed E-state index contributed by atoms with van der Waals surface area (Å²) in [6.45, 7) is 6.43. The summed E-state index contributed by atoms with van der Waals surface area (Å²) >= 11 is 3.56. The molecule has 3 heteroatoms. The first kappa shape index (κ1) is 11.4. The third-order valence-corrected chi connectivity index (χ3v) is 3.15. The van der Waals surface area contributed by atoms with E-state index in [9.17, 15) is 0 Å². The minimum absolute atomic E-state index is 0.0273. The van der Waals surface area contributed by atoms with Crippen molar-refractivity contribution in [3.8, 4) is 11.1 Å². The smallest absolute Gasteiger partial charge is 0.0568 e. The molecular formula is C13H15BrN2. The highest BCUT2D eigenvalue weighted by atomic mass is 79.9. The number of halogens is 1. The Balaban J connectivity index is 2.44. The fraction of sp³-hybridized carbons (Fsp3) is 0.308. The lowest BCUT2D eigenvalue weighted by molar-refractivity contribution is 0.355. The van der Waals surface area contributed by atoms with Gasteiger partial charge in [0.2, 0.25) is 0 Å². The molecule has 0 aliphatic carbocycles. The summed E-state index contributed by atoms with van der Waals surface area (Å²) < 4.78 is 3.09. The Labute approximate surface area is 104 Å². The van der Waals surface area contributed by atoms with Crippen LogP contribution in [0.15, 0.2) is 41.1 Å². The van der Waals surface area contributed by atoms with E-state index in [4.69, 9.17) is 0 Å². The van der Waals surface area contributed by atoms with Gasteiger partial charge in [0.1, 0.15) is 0 Å². The zero-order valence-corrected chi connectivity index (χ0v) is 11.3. The number of nitrogens with zero attached hydrogens (tertiary/aromatic N) is 2. The van der Waals surface area contributed by atoms with Crippen LogP contribution >= 0.6 is 15.9 Å². The Morgan fingerprint density at radius 2 is 1.88 bits per heavy atom. The number of rotatable bonds is 1. The van der Waals surface area contributed by atoms with Gasteiger partial charge in [-0.3, -0.25) is 4.68 Å². The highest BCUT2D eigenvalue weighted by Gasteiger charge is 2.14. The third-order valence-electron chi connectivity index (χ3n) is 2.45. The normalized spacial score (nSPS) is 11.8. The van der Waals surface area contributed by atoms with Crippen LogP contribution in [0.4, 0.5) is 0 Å². The lowest BCUT2D eigenvalue weighted by atomic mass is 10.1. The van der Waals surface area contributed by atoms with Crippen molar-refractivity contribution in [1.29, 1.82) is 0 Å². The van der Waals surface area contributed by atoms with Gasteiger partial charge >= 0.3 is 0 Å². The molecule has 1 heterocycles. The van der Waals surface area contributed by atoms with E-state index in [1.165, 1.54) is 5.56 Å². The molecule has 84 valence electrons. The molecule has 0 fully saturated rings. The quantitative estimate of drug-likeness (QED) is 0.769. The molecule has 0 saturated carbocycles. The van der Waals surface area contributed by atoms with Gasteiger partial charge < -0.3 is 0 Å². The van der Waals surface area contributed by atoms with E-state index < -0.39 is 0 Å². The third kappa shape index (κ3) is 2.19. The molecule has 0 spiro atoms. The standard InChI is InChI=1S/C13H15BrN2/c1-13(2,3)16-9-10(8-15-16)11-6-4-5-7-12(11)14/h4-9H,1-3H3. The summed E-state index contributed by atoms with van der Waals surface area (Å²) in [7, 11) is 0. The maximum absolute atomic E-state index is 4.40. The molecule has 16 heavy (non-hydrogen) atoms. The van der Waals surface area contributed by atoms with E-state index in [0.717, 1.165) is 10.0 Å². The second kappa shape index (κ2) is 4.06. The summed E-state index contributed by atoms with van der Waals surface area (Å²) in [4.78, 5) is 0. The fourth-order valence-corrected chi connectivity index (χ4v) is 2.04. The average Bonchev–Trinajstić information content (AvgIpc) is 2.66. The zero-order valence-electron chi connectivity index (χ0n) is 9.74. The number of aromatic nitrogens is 2. The maximum Gasteiger partial charge on any atom is 0.0568 e. The molecular weight excluding hydrogens is 264 g/mol. The molecule has 2 nitrogen and oxygen atoms in total. The Morgan fingerprint density at radius 3 is 2.44 bits per heavy atom. The van der Waals surface area contributed by atoms with Gasteiger partial charge in [0.15, 0.2) is 0 Å². The van der Waals surface area contributed by atoms with Gasteiger partial charge in [0, 0.05) is 16.2 Å². The van der Waals surface area contributed by atoms with Gasteiger partial charge in [-0.05, 0) is 32.4 Å². The topological polar surface area (TPSA) is 17.8 Å². The van der Waals surface area contributed by atoms with Crippen LogP contribution in [0.3, 0.4) is 0 Å². The average molecular weight is 279 g/mol. The number of benzene rings is 1. The predicted octanol–water partition coefficient (Wildman–Crippen LogP) is 4.07. The molecule has 0 N–H and O–H groups in total. The van der Waals surface area contributed by atoms with Crippen LogP contribution in [0.25, 0.3) is 11.1 Å². The Kier molecular flexibility index (Phi) is 2.89. The van der Waals surface area contributed by atoms with Crippen LogP contribution < -0.4 is 0 Å². The summed E-state index contributed by atoms with van der Waals surface area (Å²) in [6.07, 6.45) is 3.99. The zero-order chi connectivity index (χ0) is 11.8. The van der Waals surface area contributed by atoms with Crippen molar-refractivity contribution in [1.82, 2.24) is 9.78 Å². The van der Waals surface area contributed by atoms with Crippen LogP contribution in [0.5, 0.6) is 0 Å². The van der Waals surface area contributed by atoms with Gasteiger partial charge in [0.25, 0.3) is 0 Å². The summed E-state index contributed by atoms with van der Waals surface area (Å²) in [6, 6.07) is 8.19. The minimum Gasteiger partial charge on any atom is -0.267 e. The summed E-state index contributed by atoms with van der Waals surface area (Å²) in [5, 5.41) is 4.40. The van der Waals surface area contributed by atoms with Crippen molar-refractivity contribution in [3.63, 3.8) is 0 Å². The lowest BCUT2D eigenvalue weighted by Crippen LogP contribution is -2.21. The lowest BCUT2D eigenvalue weighted by Gasteiger charge is -2.18. The largest absolute Gasteiger partial charge is 0.267 e. The summed E-state index contributed by atoms with van der Waals surface area (Å²) in [5.74, 6) is 0. The molecule has 0 aliphatic rings. The van der Waals surface area contributed by atoms with E-state index in [-0.39, 0.29) is 5.54 Å². The molecule has 1 aromatic heterocycles. The van der Waals surface area contributed by atoms with Crippen molar-refractivity contribution in [2.75, 3.05) is 0 Å². The van der Waals surface area contributed by atoms with Crippen LogP contribution in [0, 0.1) is 0 Å². The first-order valence-corrected chi connectivity index (χ1v) is 6.08. The van der Waals surface area contributed by atoms with E-state index in [1.54, 1.807) is 0 Å². The maximum atomic E-state index is 4.40. The SMILES string of the molecule is CC(C)(C)n1cc(-c2ccccc2Br)cn1. The molecule has 2 rings (SSSR count). The van der Waals surface area contributed by atoms with Gasteiger partial charge in [-0.2, -0.15) is 5.10 Å². The van der Waals surface area contributed by atoms with Crippen LogP contribution in [0.1, 0.15) is 20.8 Å². The predicted molar refractivity (Wildman–Crippen MR) is 70.4 cm³/mol. The molecule has 0 unspecified atom stereocenters. The highest BCUT2D eigenvalue weighted by molar-refractivity contribution is 9.10. The highest BCUT2D eigenvalue weighted by Crippen LogP contribution is 2.28. The van der Waals surface area contributed by atoms with E-state index in [1.807, 2.05) is 29.1 Å². The van der Waals surface area contributed by atoms with Crippen molar-refractivity contribution in [2.45, 2.75) is 26.3 Å². The Hall–Kier alpha value is -1.09. The number of hydrogen-bond donors (Lipinski definition) is 0. The van der Waals surface area contributed by atoms with Crippen LogP contribution in [-0.2, 0) is 5.54 Å². The monoisotopic (exact) mass is 278 g/mol. The van der Waals surface area contributed by atoms with E-state index in [2.05, 4.69) is 54.1 Å². The van der Waals surface area contributed by atoms with Gasteiger partial charge in [0.05, 0.1) is 11.7 Å². The molecule has 0 saturated heterocycles. The van der Waals surface area contributed by atoms with Crippen molar-refractivity contribution in [3.05, 3.63) is 41.1 Å². The molecule has 2 aromatic rings. The van der Waals surface area contributed by atoms with E-state index >= 15 is 0 Å². The Morgan fingerprint density at radius 1 is 1.19 bits per heavy atom. The minimum atomic E-state index is 0.0273. The second-order valence-electron chi connectivity index (χ2n) is 4.82. The van der Waals surface area contributed by atoms with Gasteiger partial charge in [-0.25, -0.2) is 0 Å². The van der Waals surface area contributed by atoms with Crippen LogP contribution in [0.2, 0.25) is 0 Å².